The molecule has 0 aliphatic rings. The van der Waals surface area contributed by atoms with Gasteiger partial charge in [-0.05, 0) is 36.8 Å². The van der Waals surface area contributed by atoms with Crippen molar-refractivity contribution in [2.45, 2.75) is 19.6 Å². The van der Waals surface area contributed by atoms with Crippen LogP contribution in [0.3, 0.4) is 0 Å². The molecule has 2 aromatic rings. The van der Waals surface area contributed by atoms with Crippen LogP contribution in [0.5, 0.6) is 5.88 Å². The van der Waals surface area contributed by atoms with Gasteiger partial charge in [0.15, 0.2) is 0 Å². The van der Waals surface area contributed by atoms with E-state index in [-0.39, 0.29) is 6.54 Å². The second kappa shape index (κ2) is 6.47. The first-order chi connectivity index (χ1) is 10.0. The number of ether oxygens (including phenoxy) is 1. The number of benzene rings is 1. The van der Waals surface area contributed by atoms with E-state index in [1.54, 1.807) is 24.4 Å². The van der Waals surface area contributed by atoms with E-state index in [1.807, 2.05) is 6.92 Å². The lowest BCUT2D eigenvalue weighted by molar-refractivity contribution is -0.137. The summed E-state index contributed by atoms with van der Waals surface area (Å²) >= 11 is 0. The summed E-state index contributed by atoms with van der Waals surface area (Å²) in [5.41, 5.74) is 0.533. The van der Waals surface area contributed by atoms with Gasteiger partial charge < -0.3 is 10.1 Å². The lowest BCUT2D eigenvalue weighted by atomic mass is 10.1. The molecular formula is C15H15F3N2O. The van der Waals surface area contributed by atoms with Crippen LogP contribution in [0.1, 0.15) is 18.1 Å². The first-order valence-electron chi connectivity index (χ1n) is 6.48. The van der Waals surface area contributed by atoms with E-state index < -0.39 is 11.7 Å². The summed E-state index contributed by atoms with van der Waals surface area (Å²) in [7, 11) is 0. The van der Waals surface area contributed by atoms with Crippen LogP contribution in [-0.2, 0) is 12.7 Å². The Balaban J connectivity index is 2.10. The van der Waals surface area contributed by atoms with E-state index in [9.17, 15) is 13.2 Å². The van der Waals surface area contributed by atoms with Crippen LogP contribution >= 0.6 is 0 Å². The predicted octanol–water partition coefficient (Wildman–Crippen LogP) is 4.11. The second-order valence-electron chi connectivity index (χ2n) is 4.34. The zero-order valence-corrected chi connectivity index (χ0v) is 11.4. The monoisotopic (exact) mass is 296 g/mol. The van der Waals surface area contributed by atoms with Gasteiger partial charge in [-0.1, -0.05) is 12.1 Å². The van der Waals surface area contributed by atoms with Crippen molar-refractivity contribution in [1.82, 2.24) is 4.98 Å². The van der Waals surface area contributed by atoms with Gasteiger partial charge in [0.25, 0.3) is 0 Å². The van der Waals surface area contributed by atoms with Crippen molar-refractivity contribution in [2.75, 3.05) is 11.9 Å². The summed E-state index contributed by atoms with van der Waals surface area (Å²) < 4.78 is 43.3. The zero-order chi connectivity index (χ0) is 15.3. The molecule has 1 aromatic carbocycles. The van der Waals surface area contributed by atoms with Gasteiger partial charge in [-0.25, -0.2) is 4.98 Å². The fourth-order valence-electron chi connectivity index (χ4n) is 1.83. The molecule has 0 radical (unpaired) electrons. The fourth-order valence-corrected chi connectivity index (χ4v) is 1.83. The normalized spacial score (nSPS) is 11.2. The van der Waals surface area contributed by atoms with Crippen molar-refractivity contribution >= 4 is 5.69 Å². The van der Waals surface area contributed by atoms with Gasteiger partial charge in [0.05, 0.1) is 17.9 Å². The SMILES string of the molecule is CCOc1ncccc1NCc1cccc(C(F)(F)F)c1. The third-order valence-corrected chi connectivity index (χ3v) is 2.79. The minimum Gasteiger partial charge on any atom is -0.476 e. The number of nitrogens with zero attached hydrogens (tertiary/aromatic N) is 1. The third kappa shape index (κ3) is 4.11. The molecule has 0 bridgehead atoms. The van der Waals surface area contributed by atoms with E-state index in [4.69, 9.17) is 4.74 Å². The number of rotatable bonds is 5. The Labute approximate surface area is 120 Å². The quantitative estimate of drug-likeness (QED) is 0.901. The Kier molecular flexibility index (Phi) is 4.67. The average molecular weight is 296 g/mol. The van der Waals surface area contributed by atoms with Crippen molar-refractivity contribution in [3.05, 3.63) is 53.7 Å². The Bertz CT molecular complexity index is 599. The van der Waals surface area contributed by atoms with Crippen LogP contribution in [0.4, 0.5) is 18.9 Å². The maximum absolute atomic E-state index is 12.6. The summed E-state index contributed by atoms with van der Waals surface area (Å²) in [6, 6.07) is 8.72. The van der Waals surface area contributed by atoms with Gasteiger partial charge in [0.1, 0.15) is 0 Å². The smallest absolute Gasteiger partial charge is 0.416 e. The molecule has 0 atom stereocenters. The van der Waals surface area contributed by atoms with E-state index in [0.29, 0.717) is 23.7 Å². The van der Waals surface area contributed by atoms with Crippen molar-refractivity contribution in [2.24, 2.45) is 0 Å². The molecule has 0 aliphatic heterocycles. The Morgan fingerprint density at radius 1 is 1.19 bits per heavy atom. The van der Waals surface area contributed by atoms with Crippen molar-refractivity contribution in [3.8, 4) is 5.88 Å². The average Bonchev–Trinajstić information content (AvgIpc) is 2.46. The Morgan fingerprint density at radius 2 is 2.00 bits per heavy atom. The fraction of sp³-hybridized carbons (Fsp3) is 0.267. The van der Waals surface area contributed by atoms with Crippen LogP contribution in [0.15, 0.2) is 42.6 Å². The van der Waals surface area contributed by atoms with Crippen LogP contribution in [0.2, 0.25) is 0 Å². The van der Waals surface area contributed by atoms with Gasteiger partial charge in [0.2, 0.25) is 5.88 Å². The highest BCUT2D eigenvalue weighted by molar-refractivity contribution is 5.52. The third-order valence-electron chi connectivity index (χ3n) is 2.79. The molecule has 0 amide bonds. The van der Waals surface area contributed by atoms with E-state index in [2.05, 4.69) is 10.3 Å². The van der Waals surface area contributed by atoms with Crippen LogP contribution in [0.25, 0.3) is 0 Å². The van der Waals surface area contributed by atoms with E-state index in [0.717, 1.165) is 12.1 Å². The van der Waals surface area contributed by atoms with E-state index in [1.165, 1.54) is 6.07 Å². The Hall–Kier alpha value is -2.24. The number of hydrogen-bond acceptors (Lipinski definition) is 3. The minimum absolute atomic E-state index is 0.260. The van der Waals surface area contributed by atoms with Crippen molar-refractivity contribution in [3.63, 3.8) is 0 Å². The van der Waals surface area contributed by atoms with Gasteiger partial charge in [-0.2, -0.15) is 13.2 Å². The molecule has 0 fully saturated rings. The molecular weight excluding hydrogens is 281 g/mol. The molecule has 2 rings (SSSR count). The maximum Gasteiger partial charge on any atom is 0.416 e. The first-order valence-corrected chi connectivity index (χ1v) is 6.48. The molecule has 3 nitrogen and oxygen atoms in total. The van der Waals surface area contributed by atoms with Crippen molar-refractivity contribution in [1.29, 1.82) is 0 Å². The largest absolute Gasteiger partial charge is 0.476 e. The summed E-state index contributed by atoms with van der Waals surface area (Å²) in [5.74, 6) is 0.437. The van der Waals surface area contributed by atoms with E-state index >= 15 is 0 Å². The van der Waals surface area contributed by atoms with Crippen LogP contribution < -0.4 is 10.1 Å². The molecule has 0 saturated carbocycles. The van der Waals surface area contributed by atoms with Crippen LogP contribution in [0, 0.1) is 0 Å². The number of halogens is 3. The molecule has 0 unspecified atom stereocenters. The number of alkyl halides is 3. The minimum atomic E-state index is -4.33. The highest BCUT2D eigenvalue weighted by Crippen LogP contribution is 2.30. The molecule has 1 heterocycles. The Morgan fingerprint density at radius 3 is 2.71 bits per heavy atom. The van der Waals surface area contributed by atoms with Gasteiger partial charge >= 0.3 is 6.18 Å². The molecule has 0 spiro atoms. The first kappa shape index (κ1) is 15.2. The molecule has 21 heavy (non-hydrogen) atoms. The summed E-state index contributed by atoms with van der Waals surface area (Å²) in [5, 5.41) is 3.04. The molecule has 6 heteroatoms. The van der Waals surface area contributed by atoms with Gasteiger partial charge in [-0.15, -0.1) is 0 Å². The van der Waals surface area contributed by atoms with Crippen molar-refractivity contribution < 1.29 is 17.9 Å². The predicted molar refractivity (Wildman–Crippen MR) is 74.2 cm³/mol. The zero-order valence-electron chi connectivity index (χ0n) is 11.4. The highest BCUT2D eigenvalue weighted by atomic mass is 19.4. The lowest BCUT2D eigenvalue weighted by Crippen LogP contribution is -2.07. The maximum atomic E-state index is 12.6. The van der Waals surface area contributed by atoms with Gasteiger partial charge in [0, 0.05) is 12.7 Å². The molecule has 112 valence electrons. The molecule has 1 N–H and O–H groups in total. The topological polar surface area (TPSA) is 34.1 Å². The molecule has 0 saturated heterocycles. The number of anilines is 1. The standard InChI is InChI=1S/C15H15F3N2O/c1-2-21-14-13(7-4-8-19-14)20-10-11-5-3-6-12(9-11)15(16,17)18/h3-9,20H,2,10H2,1H3. The molecule has 0 aliphatic carbocycles. The van der Waals surface area contributed by atoms with Gasteiger partial charge in [-0.3, -0.25) is 0 Å². The summed E-state index contributed by atoms with van der Waals surface area (Å²) in [6.45, 7) is 2.57. The van der Waals surface area contributed by atoms with Crippen LogP contribution in [-0.4, -0.2) is 11.6 Å². The summed E-state index contributed by atoms with van der Waals surface area (Å²) in [6.07, 6.45) is -2.73. The molecule has 1 aromatic heterocycles. The summed E-state index contributed by atoms with van der Waals surface area (Å²) in [4.78, 5) is 4.07. The number of pyridine rings is 1. The highest BCUT2D eigenvalue weighted by Gasteiger charge is 2.30. The number of nitrogens with one attached hydrogen (secondary N) is 1. The number of hydrogen-bond donors (Lipinski definition) is 1. The number of aromatic nitrogens is 1. The second-order valence-corrected chi connectivity index (χ2v) is 4.34. The lowest BCUT2D eigenvalue weighted by Gasteiger charge is -2.12.